The van der Waals surface area contributed by atoms with Crippen LogP contribution >= 0.6 is 38.5 Å². The van der Waals surface area contributed by atoms with Crippen molar-refractivity contribution in [1.82, 2.24) is 15.0 Å². The van der Waals surface area contributed by atoms with E-state index in [4.69, 9.17) is 5.11 Å². The van der Waals surface area contributed by atoms with Gasteiger partial charge in [0.05, 0.1) is 12.7 Å². The van der Waals surface area contributed by atoms with E-state index < -0.39 is 5.97 Å². The van der Waals surface area contributed by atoms with Crippen molar-refractivity contribution >= 4 is 50.2 Å². The van der Waals surface area contributed by atoms with Crippen molar-refractivity contribution < 1.29 is 9.90 Å². The Morgan fingerprint density at radius 2 is 2.32 bits per heavy atom. The van der Waals surface area contributed by atoms with E-state index in [9.17, 15) is 4.79 Å². The average molecular weight is 437 g/mol. The Balaban J connectivity index is 1.92. The number of nitrogens with zero attached hydrogens (tertiary/aromatic N) is 3. The van der Waals surface area contributed by atoms with Crippen LogP contribution < -0.4 is 5.32 Å². The second-order valence-electron chi connectivity index (χ2n) is 3.72. The fourth-order valence-electron chi connectivity index (χ4n) is 1.44. The molecule has 0 aliphatic heterocycles. The van der Waals surface area contributed by atoms with Crippen LogP contribution in [0.3, 0.4) is 0 Å². The van der Waals surface area contributed by atoms with Gasteiger partial charge in [0, 0.05) is 20.3 Å². The highest BCUT2D eigenvalue weighted by Crippen LogP contribution is 2.22. The van der Waals surface area contributed by atoms with E-state index in [1.54, 1.807) is 0 Å². The van der Waals surface area contributed by atoms with Crippen molar-refractivity contribution in [2.24, 2.45) is 0 Å². The van der Waals surface area contributed by atoms with Gasteiger partial charge < -0.3 is 10.4 Å². The van der Waals surface area contributed by atoms with E-state index in [1.807, 2.05) is 18.2 Å². The summed E-state index contributed by atoms with van der Waals surface area (Å²) in [5, 5.41) is 19.3. The molecule has 19 heavy (non-hydrogen) atoms. The number of carboxylic acid groups (broad SMARTS) is 1. The molecule has 2 aromatic rings. The first kappa shape index (κ1) is 14.3. The Morgan fingerprint density at radius 1 is 1.53 bits per heavy atom. The van der Waals surface area contributed by atoms with E-state index in [-0.39, 0.29) is 5.69 Å². The van der Waals surface area contributed by atoms with E-state index in [2.05, 4.69) is 54.1 Å². The molecule has 0 aliphatic rings. The monoisotopic (exact) mass is 436 g/mol. The number of aromatic nitrogens is 3. The lowest BCUT2D eigenvalue weighted by atomic mass is 10.3. The largest absolute Gasteiger partial charge is 0.476 e. The van der Waals surface area contributed by atoms with Gasteiger partial charge in [0.1, 0.15) is 0 Å². The third kappa shape index (κ3) is 3.90. The third-order valence-corrected chi connectivity index (χ3v) is 3.78. The van der Waals surface area contributed by atoms with Gasteiger partial charge in [-0.05, 0) is 40.8 Å². The van der Waals surface area contributed by atoms with Gasteiger partial charge in [0.2, 0.25) is 0 Å². The molecule has 8 heteroatoms. The zero-order valence-electron chi connectivity index (χ0n) is 9.68. The van der Waals surface area contributed by atoms with Gasteiger partial charge in [-0.3, -0.25) is 0 Å². The third-order valence-electron chi connectivity index (χ3n) is 2.34. The van der Waals surface area contributed by atoms with Crippen molar-refractivity contribution in [3.8, 4) is 0 Å². The van der Waals surface area contributed by atoms with Gasteiger partial charge in [0.15, 0.2) is 5.69 Å². The summed E-state index contributed by atoms with van der Waals surface area (Å²) in [6.45, 7) is 1.18. The standard InChI is InChI=1S/C11H10BrIN4O2/c12-7-1-2-8(13)9(5-7)14-3-4-17-6-10(11(18)19)15-16-17/h1-2,5-6,14H,3-4H2,(H,18,19). The van der Waals surface area contributed by atoms with Crippen molar-refractivity contribution in [1.29, 1.82) is 0 Å². The Morgan fingerprint density at radius 3 is 3.00 bits per heavy atom. The van der Waals surface area contributed by atoms with Gasteiger partial charge in [-0.1, -0.05) is 21.1 Å². The van der Waals surface area contributed by atoms with E-state index in [1.165, 1.54) is 10.9 Å². The summed E-state index contributed by atoms with van der Waals surface area (Å²) in [5.74, 6) is -1.07. The second-order valence-corrected chi connectivity index (χ2v) is 5.80. The Labute approximate surface area is 131 Å². The number of hydrogen-bond acceptors (Lipinski definition) is 4. The highest BCUT2D eigenvalue weighted by Gasteiger charge is 2.07. The number of hydrogen-bond donors (Lipinski definition) is 2. The Bertz CT molecular complexity index is 602. The van der Waals surface area contributed by atoms with Crippen LogP contribution in [-0.2, 0) is 6.54 Å². The molecule has 0 fully saturated rings. The normalized spacial score (nSPS) is 10.4. The maximum absolute atomic E-state index is 10.7. The highest BCUT2D eigenvalue weighted by molar-refractivity contribution is 14.1. The fourth-order valence-corrected chi connectivity index (χ4v) is 2.33. The predicted molar refractivity (Wildman–Crippen MR) is 82.3 cm³/mol. The minimum Gasteiger partial charge on any atom is -0.476 e. The van der Waals surface area contributed by atoms with Crippen LogP contribution in [0.1, 0.15) is 10.5 Å². The zero-order chi connectivity index (χ0) is 13.8. The van der Waals surface area contributed by atoms with Gasteiger partial charge >= 0.3 is 5.97 Å². The minimum absolute atomic E-state index is 0.0444. The molecule has 0 amide bonds. The molecular weight excluding hydrogens is 427 g/mol. The number of halogens is 2. The quantitative estimate of drug-likeness (QED) is 0.704. The van der Waals surface area contributed by atoms with Gasteiger partial charge in [-0.25, -0.2) is 9.48 Å². The molecule has 1 aromatic heterocycles. The van der Waals surface area contributed by atoms with Crippen molar-refractivity contribution in [2.75, 3.05) is 11.9 Å². The molecule has 0 aliphatic carbocycles. The molecule has 0 saturated heterocycles. The first-order chi connectivity index (χ1) is 9.06. The molecule has 1 aromatic carbocycles. The summed E-state index contributed by atoms with van der Waals surface area (Å²) < 4.78 is 3.62. The van der Waals surface area contributed by atoms with Crippen LogP contribution in [0, 0.1) is 3.57 Å². The van der Waals surface area contributed by atoms with Crippen molar-refractivity contribution in [3.05, 3.63) is 38.1 Å². The van der Waals surface area contributed by atoms with Crippen LogP contribution in [0.15, 0.2) is 28.9 Å². The smallest absolute Gasteiger partial charge is 0.358 e. The molecule has 0 bridgehead atoms. The number of benzene rings is 1. The molecule has 100 valence electrons. The van der Waals surface area contributed by atoms with Crippen molar-refractivity contribution in [2.45, 2.75) is 6.54 Å². The SMILES string of the molecule is O=C(O)c1cn(CCNc2cc(Br)ccc2I)nn1. The number of rotatable bonds is 5. The summed E-state index contributed by atoms with van der Waals surface area (Å²) in [6, 6.07) is 5.97. The first-order valence-corrected chi connectivity index (χ1v) is 7.26. The molecule has 0 atom stereocenters. The number of carbonyl (C=O) groups is 1. The summed E-state index contributed by atoms with van der Waals surface area (Å²) in [7, 11) is 0. The molecular formula is C11H10BrIN4O2. The van der Waals surface area contributed by atoms with E-state index in [0.717, 1.165) is 13.7 Å². The van der Waals surface area contributed by atoms with Gasteiger partial charge in [-0.2, -0.15) is 0 Å². The lowest BCUT2D eigenvalue weighted by molar-refractivity contribution is 0.0690. The fraction of sp³-hybridized carbons (Fsp3) is 0.182. The summed E-state index contributed by atoms with van der Waals surface area (Å²) >= 11 is 5.66. The highest BCUT2D eigenvalue weighted by atomic mass is 127. The lowest BCUT2D eigenvalue weighted by Gasteiger charge is -2.08. The molecule has 0 radical (unpaired) electrons. The molecule has 6 nitrogen and oxygen atoms in total. The number of aromatic carboxylic acids is 1. The summed E-state index contributed by atoms with van der Waals surface area (Å²) in [5.41, 5.74) is 0.977. The maximum atomic E-state index is 10.7. The molecule has 2 rings (SSSR count). The molecule has 0 unspecified atom stereocenters. The van der Waals surface area contributed by atoms with Crippen LogP contribution in [0.25, 0.3) is 0 Å². The number of nitrogens with one attached hydrogen (secondary N) is 1. The molecule has 1 heterocycles. The van der Waals surface area contributed by atoms with E-state index >= 15 is 0 Å². The topological polar surface area (TPSA) is 80.0 Å². The van der Waals surface area contributed by atoms with Crippen LogP contribution in [-0.4, -0.2) is 32.6 Å². The zero-order valence-corrected chi connectivity index (χ0v) is 13.4. The van der Waals surface area contributed by atoms with Gasteiger partial charge in [-0.15, -0.1) is 5.10 Å². The summed E-state index contributed by atoms with van der Waals surface area (Å²) in [4.78, 5) is 10.7. The second kappa shape index (κ2) is 6.33. The minimum atomic E-state index is -1.07. The van der Waals surface area contributed by atoms with Crippen molar-refractivity contribution in [3.63, 3.8) is 0 Å². The predicted octanol–water partition coefficient (Wildman–Crippen LogP) is 2.46. The van der Waals surface area contributed by atoms with E-state index in [0.29, 0.717) is 13.1 Å². The van der Waals surface area contributed by atoms with Crippen LogP contribution in [0.2, 0.25) is 0 Å². The average Bonchev–Trinajstić information content (AvgIpc) is 2.82. The molecule has 0 saturated carbocycles. The van der Waals surface area contributed by atoms with Crippen LogP contribution in [0.4, 0.5) is 5.69 Å². The Hall–Kier alpha value is -1.16. The number of anilines is 1. The molecule has 2 N–H and O–H groups in total. The Kier molecular flexibility index (Phi) is 4.75. The first-order valence-electron chi connectivity index (χ1n) is 5.38. The van der Waals surface area contributed by atoms with Crippen LogP contribution in [0.5, 0.6) is 0 Å². The summed E-state index contributed by atoms with van der Waals surface area (Å²) in [6.07, 6.45) is 1.41. The number of carboxylic acids is 1. The maximum Gasteiger partial charge on any atom is 0.358 e. The van der Waals surface area contributed by atoms with Gasteiger partial charge in [0.25, 0.3) is 0 Å². The lowest BCUT2D eigenvalue weighted by Crippen LogP contribution is -2.11. The molecule has 0 spiro atoms.